The van der Waals surface area contributed by atoms with Gasteiger partial charge in [0.2, 0.25) is 0 Å². The zero-order valence-corrected chi connectivity index (χ0v) is 10.5. The fraction of sp³-hybridized carbons (Fsp3) is 1.00. The molecule has 0 aliphatic carbocycles. The van der Waals surface area contributed by atoms with E-state index in [2.05, 4.69) is 0 Å². The van der Waals surface area contributed by atoms with Crippen LogP contribution in [-0.4, -0.2) is 76.5 Å². The van der Waals surface area contributed by atoms with Crippen molar-refractivity contribution in [2.75, 3.05) is 27.2 Å². The van der Waals surface area contributed by atoms with Crippen molar-refractivity contribution < 1.29 is 48.9 Å². The summed E-state index contributed by atoms with van der Waals surface area (Å²) in [6.07, 6.45) is -3.14. The van der Waals surface area contributed by atoms with Crippen LogP contribution >= 0.6 is 0 Å². The van der Waals surface area contributed by atoms with Gasteiger partial charge in [-0.15, -0.1) is 0 Å². The first kappa shape index (κ1) is 14.5. The number of quaternary nitrogens is 1. The summed E-state index contributed by atoms with van der Waals surface area (Å²) in [6, 6.07) is -0.432. The third kappa shape index (κ3) is 2.56. The lowest BCUT2D eigenvalue weighted by Gasteiger charge is -2.47. The highest BCUT2D eigenvalue weighted by Gasteiger charge is 2.47. The molecule has 1 saturated heterocycles. The SMILES string of the molecule is C[N+]1(C)C[C@@H](O)[C@@H](O)[C@H](O)[C@H]1CO.[I-]. The third-order valence-corrected chi connectivity index (χ3v) is 2.88. The van der Waals surface area contributed by atoms with E-state index in [4.69, 9.17) is 5.11 Å². The van der Waals surface area contributed by atoms with Crippen LogP contribution in [0.5, 0.6) is 0 Å². The van der Waals surface area contributed by atoms with Gasteiger partial charge in [-0.3, -0.25) is 0 Å². The number of likely N-dealkylation sites (tertiary alicyclic amines) is 1. The van der Waals surface area contributed by atoms with Crippen LogP contribution in [0, 0.1) is 0 Å². The summed E-state index contributed by atoms with van der Waals surface area (Å²) in [7, 11) is 3.61. The lowest BCUT2D eigenvalue weighted by atomic mass is 9.93. The van der Waals surface area contributed by atoms with Crippen molar-refractivity contribution in [3.8, 4) is 0 Å². The number of piperidine rings is 1. The second kappa shape index (κ2) is 5.04. The summed E-state index contributed by atoms with van der Waals surface area (Å²) in [5.74, 6) is 0. The largest absolute Gasteiger partial charge is 1.00 e. The number of nitrogens with zero attached hydrogens (tertiary/aromatic N) is 1. The molecule has 1 rings (SSSR count). The summed E-state index contributed by atoms with van der Waals surface area (Å²) in [5, 5.41) is 37.3. The number of rotatable bonds is 1. The number of aliphatic hydroxyl groups excluding tert-OH is 4. The molecule has 0 spiro atoms. The molecule has 5 nitrogen and oxygen atoms in total. The first-order valence-corrected chi connectivity index (χ1v) is 4.38. The minimum atomic E-state index is -1.15. The van der Waals surface area contributed by atoms with Crippen LogP contribution in [0.3, 0.4) is 0 Å². The summed E-state index contributed by atoms with van der Waals surface area (Å²) < 4.78 is 0.315. The van der Waals surface area contributed by atoms with E-state index >= 15 is 0 Å². The second-order valence-corrected chi connectivity index (χ2v) is 4.26. The Morgan fingerprint density at radius 1 is 1.14 bits per heavy atom. The molecule has 0 aromatic carbocycles. The van der Waals surface area contributed by atoms with E-state index in [1.54, 1.807) is 14.1 Å². The minimum absolute atomic E-state index is 0. The van der Waals surface area contributed by atoms with Crippen LogP contribution < -0.4 is 24.0 Å². The lowest BCUT2D eigenvalue weighted by Crippen LogP contribution is -3.00. The molecule has 0 amide bonds. The van der Waals surface area contributed by atoms with Gasteiger partial charge >= 0.3 is 0 Å². The first-order valence-electron chi connectivity index (χ1n) is 4.38. The van der Waals surface area contributed by atoms with Crippen LogP contribution in [0.2, 0.25) is 0 Å². The molecule has 0 radical (unpaired) electrons. The number of hydrogen-bond donors (Lipinski definition) is 4. The molecule has 1 fully saturated rings. The van der Waals surface area contributed by atoms with Gasteiger partial charge in [0, 0.05) is 0 Å². The van der Waals surface area contributed by atoms with Crippen molar-refractivity contribution in [3.05, 3.63) is 0 Å². The fourth-order valence-electron chi connectivity index (χ4n) is 1.92. The zero-order chi connectivity index (χ0) is 10.2. The zero-order valence-electron chi connectivity index (χ0n) is 8.34. The van der Waals surface area contributed by atoms with Crippen molar-refractivity contribution in [3.63, 3.8) is 0 Å². The van der Waals surface area contributed by atoms with E-state index in [0.717, 1.165) is 0 Å². The van der Waals surface area contributed by atoms with Crippen molar-refractivity contribution >= 4 is 0 Å². The second-order valence-electron chi connectivity index (χ2n) is 4.26. The molecule has 6 heteroatoms. The summed E-state index contributed by atoms with van der Waals surface area (Å²) in [6.45, 7) is 0.140. The quantitative estimate of drug-likeness (QED) is 0.287. The van der Waals surface area contributed by atoms with E-state index in [1.807, 2.05) is 0 Å². The van der Waals surface area contributed by atoms with E-state index in [-0.39, 0.29) is 30.6 Å². The molecule has 0 saturated carbocycles. The van der Waals surface area contributed by atoms with Gasteiger partial charge in [0.05, 0.1) is 20.7 Å². The smallest absolute Gasteiger partial charge is 0.141 e. The van der Waals surface area contributed by atoms with Crippen molar-refractivity contribution in [1.29, 1.82) is 0 Å². The van der Waals surface area contributed by atoms with E-state index in [0.29, 0.717) is 11.0 Å². The van der Waals surface area contributed by atoms with E-state index < -0.39 is 24.4 Å². The fourth-order valence-corrected chi connectivity index (χ4v) is 1.92. The number of aliphatic hydroxyl groups is 4. The van der Waals surface area contributed by atoms with Crippen LogP contribution in [-0.2, 0) is 0 Å². The molecule has 0 bridgehead atoms. The molecular formula is C8H18INO4. The van der Waals surface area contributed by atoms with Crippen LogP contribution in [0.15, 0.2) is 0 Å². The average molecular weight is 319 g/mol. The minimum Gasteiger partial charge on any atom is -1.00 e. The maximum Gasteiger partial charge on any atom is 0.141 e. The molecule has 14 heavy (non-hydrogen) atoms. The Kier molecular flexibility index (Phi) is 5.23. The maximum atomic E-state index is 9.56. The van der Waals surface area contributed by atoms with Crippen LogP contribution in [0.25, 0.3) is 0 Å². The molecule has 4 N–H and O–H groups in total. The Balaban J connectivity index is 0.00000169. The van der Waals surface area contributed by atoms with Gasteiger partial charge in [-0.2, -0.15) is 0 Å². The van der Waals surface area contributed by atoms with E-state index in [1.165, 1.54) is 0 Å². The number of halogens is 1. The standard InChI is InChI=1S/C8H18NO4.HI/c1-9(2)3-6(11)8(13)7(12)5(9)4-10;/h5-8,10-13H,3-4H2,1-2H3;1H/q+1;/p-1/t5-,6-,7-,8-;/m1./s1. The van der Waals surface area contributed by atoms with Gasteiger partial charge in [-0.25, -0.2) is 0 Å². The van der Waals surface area contributed by atoms with Gasteiger partial charge in [-0.05, 0) is 0 Å². The third-order valence-electron chi connectivity index (χ3n) is 2.88. The Hall–Kier alpha value is 0.530. The van der Waals surface area contributed by atoms with Gasteiger partial charge < -0.3 is 48.9 Å². The lowest BCUT2D eigenvalue weighted by molar-refractivity contribution is -0.929. The van der Waals surface area contributed by atoms with Crippen LogP contribution in [0.4, 0.5) is 0 Å². The summed E-state index contributed by atoms with van der Waals surface area (Å²) in [4.78, 5) is 0. The highest BCUT2D eigenvalue weighted by molar-refractivity contribution is 4.86. The van der Waals surface area contributed by atoms with Crippen molar-refractivity contribution in [1.82, 2.24) is 0 Å². The highest BCUT2D eigenvalue weighted by atomic mass is 127. The monoisotopic (exact) mass is 319 g/mol. The van der Waals surface area contributed by atoms with Gasteiger partial charge in [0.25, 0.3) is 0 Å². The molecule has 1 aliphatic heterocycles. The van der Waals surface area contributed by atoms with E-state index in [9.17, 15) is 15.3 Å². The van der Waals surface area contributed by atoms with Crippen LogP contribution in [0.1, 0.15) is 0 Å². The summed E-state index contributed by atoms with van der Waals surface area (Å²) >= 11 is 0. The maximum absolute atomic E-state index is 9.56. The van der Waals surface area contributed by atoms with Crippen molar-refractivity contribution in [2.24, 2.45) is 0 Å². The van der Waals surface area contributed by atoms with Gasteiger partial charge in [0.15, 0.2) is 0 Å². The molecule has 1 aliphatic rings. The first-order chi connectivity index (χ1) is 5.90. The summed E-state index contributed by atoms with van der Waals surface area (Å²) in [5.41, 5.74) is 0. The molecule has 4 atom stereocenters. The molecular weight excluding hydrogens is 301 g/mol. The Labute approximate surface area is 101 Å². The molecule has 0 aromatic rings. The predicted octanol–water partition coefficient (Wildman–Crippen LogP) is -5.48. The Morgan fingerprint density at radius 2 is 1.64 bits per heavy atom. The normalized spacial score (nSPS) is 41.6. The Morgan fingerprint density at radius 3 is 2.07 bits per heavy atom. The molecule has 86 valence electrons. The van der Waals surface area contributed by atoms with Gasteiger partial charge in [0.1, 0.15) is 30.9 Å². The molecule has 0 aromatic heterocycles. The molecule has 0 unspecified atom stereocenters. The highest BCUT2D eigenvalue weighted by Crippen LogP contribution is 2.22. The van der Waals surface area contributed by atoms with Crippen molar-refractivity contribution in [2.45, 2.75) is 24.4 Å². The topological polar surface area (TPSA) is 80.9 Å². The number of likely N-dealkylation sites (N-methyl/N-ethyl adjacent to an activating group) is 1. The average Bonchev–Trinajstić information content (AvgIpc) is 2.00. The molecule has 1 heterocycles. The predicted molar refractivity (Wildman–Crippen MR) is 45.9 cm³/mol. The van der Waals surface area contributed by atoms with Gasteiger partial charge in [-0.1, -0.05) is 0 Å². The number of hydrogen-bond acceptors (Lipinski definition) is 4. The Bertz CT molecular complexity index is 190.